The number of rotatable bonds is 6. The Kier molecular flexibility index (Phi) is 7.42. The van der Waals surface area contributed by atoms with Crippen LogP contribution in [0.15, 0.2) is 199 Å². The molecule has 0 radical (unpaired) electrons. The van der Waals surface area contributed by atoms with Crippen molar-refractivity contribution in [2.75, 3.05) is 0 Å². The van der Waals surface area contributed by atoms with Crippen molar-refractivity contribution in [3.05, 3.63) is 194 Å². The highest BCUT2D eigenvalue weighted by Crippen LogP contribution is 2.41. The Morgan fingerprint density at radius 1 is 0.339 bits per heavy atom. The van der Waals surface area contributed by atoms with Crippen LogP contribution in [0.4, 0.5) is 0 Å². The molecule has 5 heteroatoms. The summed E-state index contributed by atoms with van der Waals surface area (Å²) in [6.45, 7) is 0. The fourth-order valence-corrected chi connectivity index (χ4v) is 7.95. The van der Waals surface area contributed by atoms with E-state index in [4.69, 9.17) is 19.4 Å². The number of hydrogen-bond acceptors (Lipinski definition) is 4. The zero-order valence-electron chi connectivity index (χ0n) is 30.2. The van der Waals surface area contributed by atoms with Crippen LogP contribution >= 0.6 is 0 Å². The average Bonchev–Trinajstić information content (AvgIpc) is 3.81. The van der Waals surface area contributed by atoms with Gasteiger partial charge in [0.05, 0.1) is 16.6 Å². The maximum Gasteiger partial charge on any atom is 0.167 e. The van der Waals surface area contributed by atoms with Crippen molar-refractivity contribution in [1.82, 2.24) is 19.5 Å². The third-order valence-electron chi connectivity index (χ3n) is 10.7. The third-order valence-corrected chi connectivity index (χ3v) is 10.7. The highest BCUT2D eigenvalue weighted by molar-refractivity contribution is 6.18. The lowest BCUT2D eigenvalue weighted by molar-refractivity contribution is 0.670. The maximum absolute atomic E-state index is 6.87. The lowest BCUT2D eigenvalue weighted by Crippen LogP contribution is -2.00. The van der Waals surface area contributed by atoms with Gasteiger partial charge in [0.15, 0.2) is 17.5 Å². The molecule has 0 fully saturated rings. The Hall–Kier alpha value is -7.63. The molecule has 0 unspecified atom stereocenters. The molecule has 0 spiro atoms. The molecule has 0 saturated heterocycles. The quantitative estimate of drug-likeness (QED) is 0.172. The van der Waals surface area contributed by atoms with Gasteiger partial charge in [-0.3, -0.25) is 0 Å². The molecule has 0 saturated carbocycles. The zero-order chi connectivity index (χ0) is 37.0. The first-order valence-electron chi connectivity index (χ1n) is 18.8. The summed E-state index contributed by atoms with van der Waals surface area (Å²) < 4.78 is 9.21. The standard InChI is InChI=1S/C51H32N4O/c1-4-14-33(15-5-1)35-26-28-37(29-27-35)50-52-49(36-18-8-3-9-19-36)53-51(54-50)42-24-13-23-41-44-31-43-40-22-10-11-25-45(40)55(46(43)32-47(44)56-48(41)42)39-21-12-20-38(30-39)34-16-6-2-7-17-34/h1-32H. The van der Waals surface area contributed by atoms with E-state index >= 15 is 0 Å². The molecule has 0 N–H and O–H groups in total. The smallest absolute Gasteiger partial charge is 0.167 e. The largest absolute Gasteiger partial charge is 0.455 e. The second-order valence-electron chi connectivity index (χ2n) is 14.0. The van der Waals surface area contributed by atoms with Crippen LogP contribution in [0.5, 0.6) is 0 Å². The molecule has 262 valence electrons. The number of para-hydroxylation sites is 2. The van der Waals surface area contributed by atoms with Gasteiger partial charge in [-0.2, -0.15) is 0 Å². The Bertz CT molecular complexity index is 3220. The van der Waals surface area contributed by atoms with Gasteiger partial charge < -0.3 is 8.98 Å². The molecule has 0 atom stereocenters. The lowest BCUT2D eigenvalue weighted by atomic mass is 10.0. The predicted octanol–water partition coefficient (Wildman–Crippen LogP) is 13.2. The van der Waals surface area contributed by atoms with Gasteiger partial charge in [-0.15, -0.1) is 0 Å². The molecule has 11 aromatic rings. The van der Waals surface area contributed by atoms with Gasteiger partial charge in [0.25, 0.3) is 0 Å². The number of hydrogen-bond donors (Lipinski definition) is 0. The lowest BCUT2D eigenvalue weighted by Gasteiger charge is -2.10. The minimum absolute atomic E-state index is 0.558. The Balaban J connectivity index is 1.09. The van der Waals surface area contributed by atoms with Crippen LogP contribution < -0.4 is 0 Å². The molecule has 0 aliphatic heterocycles. The average molecular weight is 717 g/mol. The SMILES string of the molecule is c1ccc(-c2ccc(-c3nc(-c4ccccc4)nc(-c4cccc5c4oc4cc6c(cc45)c4ccccc4n6-c4cccc(-c5ccccc5)c4)n3)cc2)cc1. The second kappa shape index (κ2) is 13.0. The number of fused-ring (bicyclic) bond motifs is 6. The first-order chi connectivity index (χ1) is 27.7. The van der Waals surface area contributed by atoms with Crippen LogP contribution in [0.3, 0.4) is 0 Å². The minimum atomic E-state index is 0.558. The molecular formula is C51H32N4O. The van der Waals surface area contributed by atoms with Crippen molar-refractivity contribution in [3.63, 3.8) is 0 Å². The molecule has 0 bridgehead atoms. The number of aromatic nitrogens is 4. The van der Waals surface area contributed by atoms with E-state index in [1.807, 2.05) is 42.5 Å². The molecule has 0 aliphatic rings. The van der Waals surface area contributed by atoms with Crippen molar-refractivity contribution < 1.29 is 4.42 Å². The molecule has 0 aliphatic carbocycles. The van der Waals surface area contributed by atoms with Crippen LogP contribution in [0.1, 0.15) is 0 Å². The summed E-state index contributed by atoms with van der Waals surface area (Å²) in [6, 6.07) is 67.4. The summed E-state index contributed by atoms with van der Waals surface area (Å²) >= 11 is 0. The van der Waals surface area contributed by atoms with Gasteiger partial charge in [0.2, 0.25) is 0 Å². The highest BCUT2D eigenvalue weighted by atomic mass is 16.3. The second-order valence-corrected chi connectivity index (χ2v) is 14.0. The number of furan rings is 1. The zero-order valence-corrected chi connectivity index (χ0v) is 30.2. The van der Waals surface area contributed by atoms with Crippen LogP contribution in [-0.2, 0) is 0 Å². The van der Waals surface area contributed by atoms with Gasteiger partial charge in [0.1, 0.15) is 11.2 Å². The van der Waals surface area contributed by atoms with Crippen molar-refractivity contribution in [2.45, 2.75) is 0 Å². The van der Waals surface area contributed by atoms with Crippen molar-refractivity contribution in [2.24, 2.45) is 0 Å². The summed E-state index contributed by atoms with van der Waals surface area (Å²) in [5.41, 5.74) is 12.2. The van der Waals surface area contributed by atoms with E-state index in [2.05, 4.69) is 156 Å². The maximum atomic E-state index is 6.87. The van der Waals surface area contributed by atoms with Crippen LogP contribution in [-0.4, -0.2) is 19.5 Å². The van der Waals surface area contributed by atoms with Crippen molar-refractivity contribution in [1.29, 1.82) is 0 Å². The molecule has 8 aromatic carbocycles. The molecule has 11 rings (SSSR count). The van der Waals surface area contributed by atoms with Crippen molar-refractivity contribution in [3.8, 4) is 62.1 Å². The van der Waals surface area contributed by atoms with E-state index < -0.39 is 0 Å². The fourth-order valence-electron chi connectivity index (χ4n) is 7.95. The van der Waals surface area contributed by atoms with E-state index in [-0.39, 0.29) is 0 Å². The van der Waals surface area contributed by atoms with Crippen LogP contribution in [0.2, 0.25) is 0 Å². The van der Waals surface area contributed by atoms with E-state index in [0.29, 0.717) is 17.5 Å². The highest BCUT2D eigenvalue weighted by Gasteiger charge is 2.20. The number of benzene rings is 8. The van der Waals surface area contributed by atoms with E-state index in [0.717, 1.165) is 66.5 Å². The first kappa shape index (κ1) is 31.9. The molecule has 3 aromatic heterocycles. The number of nitrogens with zero attached hydrogens (tertiary/aromatic N) is 4. The predicted molar refractivity (Wildman–Crippen MR) is 229 cm³/mol. The topological polar surface area (TPSA) is 56.7 Å². The van der Waals surface area contributed by atoms with E-state index in [9.17, 15) is 0 Å². The molecular weight excluding hydrogens is 685 g/mol. The third kappa shape index (κ3) is 5.37. The van der Waals surface area contributed by atoms with Crippen LogP contribution in [0, 0.1) is 0 Å². The molecule has 3 heterocycles. The normalized spacial score (nSPS) is 11.6. The van der Waals surface area contributed by atoms with Gasteiger partial charge >= 0.3 is 0 Å². The fraction of sp³-hybridized carbons (Fsp3) is 0. The molecule has 56 heavy (non-hydrogen) atoms. The first-order valence-corrected chi connectivity index (χ1v) is 18.8. The summed E-state index contributed by atoms with van der Waals surface area (Å²) in [5.74, 6) is 1.77. The Morgan fingerprint density at radius 2 is 0.875 bits per heavy atom. The Labute approximate surface area is 322 Å². The Morgan fingerprint density at radius 3 is 1.61 bits per heavy atom. The van der Waals surface area contributed by atoms with Crippen LogP contribution in [0.25, 0.3) is 106 Å². The summed E-state index contributed by atoms with van der Waals surface area (Å²) in [4.78, 5) is 15.2. The molecule has 5 nitrogen and oxygen atoms in total. The van der Waals surface area contributed by atoms with Crippen molar-refractivity contribution >= 4 is 43.7 Å². The van der Waals surface area contributed by atoms with Gasteiger partial charge in [-0.25, -0.2) is 15.0 Å². The monoisotopic (exact) mass is 716 g/mol. The van der Waals surface area contributed by atoms with Gasteiger partial charge in [-0.1, -0.05) is 158 Å². The van der Waals surface area contributed by atoms with E-state index in [1.165, 1.54) is 21.9 Å². The van der Waals surface area contributed by atoms with Gasteiger partial charge in [0, 0.05) is 44.4 Å². The van der Waals surface area contributed by atoms with Gasteiger partial charge in [-0.05, 0) is 52.6 Å². The summed E-state index contributed by atoms with van der Waals surface area (Å²) in [5, 5.41) is 4.41. The molecule has 0 amide bonds. The minimum Gasteiger partial charge on any atom is -0.455 e. The summed E-state index contributed by atoms with van der Waals surface area (Å²) in [7, 11) is 0. The van der Waals surface area contributed by atoms with E-state index in [1.54, 1.807) is 0 Å². The summed E-state index contributed by atoms with van der Waals surface area (Å²) in [6.07, 6.45) is 0.